The van der Waals surface area contributed by atoms with Gasteiger partial charge < -0.3 is 5.32 Å². The number of hydrogen-bond donors (Lipinski definition) is 1. The fourth-order valence-corrected chi connectivity index (χ4v) is 4.01. The van der Waals surface area contributed by atoms with E-state index in [1.807, 2.05) is 12.1 Å². The van der Waals surface area contributed by atoms with E-state index in [1.54, 1.807) is 11.3 Å². The molecule has 7 heteroatoms. The normalized spacial score (nSPS) is 12.8. The predicted octanol–water partition coefficient (Wildman–Crippen LogP) is 5.34. The van der Waals surface area contributed by atoms with E-state index < -0.39 is 0 Å². The molecule has 0 aliphatic rings. The Bertz CT molecular complexity index is 725. The molecule has 3 aromatic rings. The largest absolute Gasteiger partial charge is 0.375 e. The molecule has 0 aliphatic heterocycles. The summed E-state index contributed by atoms with van der Waals surface area (Å²) in [6, 6.07) is 6.01. The number of anilines is 1. The van der Waals surface area contributed by atoms with Gasteiger partial charge in [0.15, 0.2) is 0 Å². The molecule has 98 valence electrons. The predicted molar refractivity (Wildman–Crippen MR) is 86.5 cm³/mol. The molecule has 0 bridgehead atoms. The molecule has 0 amide bonds. The lowest BCUT2D eigenvalue weighted by Crippen LogP contribution is -2.05. The van der Waals surface area contributed by atoms with Crippen LogP contribution in [0, 0.1) is 0 Å². The summed E-state index contributed by atoms with van der Waals surface area (Å²) in [6.07, 6.45) is 0. The number of fused-ring (bicyclic) bond motifs is 1. The molecule has 0 spiro atoms. The molecule has 3 nitrogen and oxygen atoms in total. The Morgan fingerprint density at radius 1 is 1.37 bits per heavy atom. The second-order valence-corrected chi connectivity index (χ2v) is 6.88. The van der Waals surface area contributed by atoms with Crippen molar-refractivity contribution >= 4 is 67.3 Å². The summed E-state index contributed by atoms with van der Waals surface area (Å²) in [4.78, 5) is 1.24. The number of thiophene rings is 1. The van der Waals surface area contributed by atoms with Gasteiger partial charge in [-0.15, -0.1) is 11.3 Å². The molecule has 1 unspecified atom stereocenters. The zero-order valence-corrected chi connectivity index (χ0v) is 13.8. The molecule has 1 N–H and O–H groups in total. The first-order chi connectivity index (χ1) is 9.15. The summed E-state index contributed by atoms with van der Waals surface area (Å²) in [6.45, 7) is 2.10. The summed E-state index contributed by atoms with van der Waals surface area (Å²) in [5.74, 6) is 0. The Morgan fingerprint density at radius 2 is 2.21 bits per heavy atom. The third-order valence-corrected chi connectivity index (χ3v) is 5.49. The topological polar surface area (TPSA) is 37.8 Å². The molecular formula is C12H9BrClN3S2. The lowest BCUT2D eigenvalue weighted by Gasteiger charge is -2.15. The third-order valence-electron chi connectivity index (χ3n) is 2.75. The van der Waals surface area contributed by atoms with Crippen LogP contribution in [0.3, 0.4) is 0 Å². The molecule has 0 saturated carbocycles. The Hall–Kier alpha value is -0.690. The second kappa shape index (κ2) is 5.36. The minimum atomic E-state index is 0.168. The van der Waals surface area contributed by atoms with Gasteiger partial charge in [-0.2, -0.15) is 8.75 Å². The fraction of sp³-hybridized carbons (Fsp3) is 0.167. The van der Waals surface area contributed by atoms with E-state index in [1.165, 1.54) is 16.6 Å². The zero-order chi connectivity index (χ0) is 13.4. The molecule has 2 heterocycles. The van der Waals surface area contributed by atoms with E-state index >= 15 is 0 Å². The molecule has 0 radical (unpaired) electrons. The number of benzene rings is 1. The number of nitrogens with one attached hydrogen (secondary N) is 1. The summed E-state index contributed by atoms with van der Waals surface area (Å²) < 4.78 is 9.64. The summed E-state index contributed by atoms with van der Waals surface area (Å²) in [7, 11) is 0. The minimum absolute atomic E-state index is 0.168. The highest BCUT2D eigenvalue weighted by atomic mass is 79.9. The van der Waals surface area contributed by atoms with E-state index in [0.29, 0.717) is 5.02 Å². The van der Waals surface area contributed by atoms with Gasteiger partial charge in [0.2, 0.25) is 0 Å². The Kier molecular flexibility index (Phi) is 3.75. The quantitative estimate of drug-likeness (QED) is 0.672. The monoisotopic (exact) mass is 373 g/mol. The van der Waals surface area contributed by atoms with Crippen molar-refractivity contribution in [3.63, 3.8) is 0 Å². The average molecular weight is 375 g/mol. The molecular weight excluding hydrogens is 366 g/mol. The number of hydrogen-bond acceptors (Lipinski definition) is 5. The van der Waals surface area contributed by atoms with Gasteiger partial charge in [-0.3, -0.25) is 0 Å². The van der Waals surface area contributed by atoms with Gasteiger partial charge in [-0.05, 0) is 41.1 Å². The van der Waals surface area contributed by atoms with Crippen molar-refractivity contribution in [3.05, 3.63) is 38.0 Å². The fourth-order valence-electron chi connectivity index (χ4n) is 1.81. The first-order valence-electron chi connectivity index (χ1n) is 5.56. The number of rotatable bonds is 3. The zero-order valence-electron chi connectivity index (χ0n) is 9.85. The Balaban J connectivity index is 1.96. The van der Waals surface area contributed by atoms with Crippen molar-refractivity contribution in [3.8, 4) is 0 Å². The van der Waals surface area contributed by atoms with Crippen LogP contribution in [0.4, 0.5) is 5.69 Å². The molecule has 19 heavy (non-hydrogen) atoms. The van der Waals surface area contributed by atoms with Gasteiger partial charge in [0.25, 0.3) is 0 Å². The van der Waals surface area contributed by atoms with Crippen LogP contribution in [-0.2, 0) is 0 Å². The highest BCUT2D eigenvalue weighted by molar-refractivity contribution is 9.10. The van der Waals surface area contributed by atoms with Gasteiger partial charge in [0, 0.05) is 14.7 Å². The van der Waals surface area contributed by atoms with Gasteiger partial charge in [-0.25, -0.2) is 0 Å². The van der Waals surface area contributed by atoms with Crippen molar-refractivity contribution in [2.24, 2.45) is 0 Å². The molecule has 0 saturated heterocycles. The van der Waals surface area contributed by atoms with Crippen LogP contribution in [0.1, 0.15) is 17.8 Å². The van der Waals surface area contributed by atoms with E-state index in [-0.39, 0.29) is 6.04 Å². The summed E-state index contributed by atoms with van der Waals surface area (Å²) in [5.41, 5.74) is 2.56. The van der Waals surface area contributed by atoms with E-state index in [0.717, 1.165) is 21.2 Å². The lowest BCUT2D eigenvalue weighted by molar-refractivity contribution is 0.909. The highest BCUT2D eigenvalue weighted by Gasteiger charge is 2.14. The summed E-state index contributed by atoms with van der Waals surface area (Å²) >= 11 is 12.6. The molecule has 3 rings (SSSR count). The lowest BCUT2D eigenvalue weighted by atomic mass is 10.2. The smallest absolute Gasteiger partial charge is 0.129 e. The van der Waals surface area contributed by atoms with Crippen LogP contribution in [0.15, 0.2) is 28.1 Å². The van der Waals surface area contributed by atoms with Gasteiger partial charge in [-0.1, -0.05) is 11.6 Å². The molecule has 1 aromatic carbocycles. The molecule has 0 fully saturated rings. The second-order valence-electron chi connectivity index (χ2n) is 4.09. The van der Waals surface area contributed by atoms with Crippen molar-refractivity contribution in [2.75, 3.05) is 5.32 Å². The summed E-state index contributed by atoms with van der Waals surface area (Å²) in [5, 5.41) is 6.17. The van der Waals surface area contributed by atoms with Crippen molar-refractivity contribution in [2.45, 2.75) is 13.0 Å². The first kappa shape index (κ1) is 13.3. The maximum Gasteiger partial charge on any atom is 0.129 e. The van der Waals surface area contributed by atoms with Crippen molar-refractivity contribution < 1.29 is 0 Å². The standard InChI is InChI=1S/C12H9BrClN3S2/c1-6(10-4-7(13)5-18-10)15-11-8(14)2-3-9-12(11)17-19-16-9/h2-6,15H,1H3. The first-order valence-corrected chi connectivity index (χ1v) is 8.34. The Labute approximate surface area is 132 Å². The Morgan fingerprint density at radius 3 is 2.95 bits per heavy atom. The van der Waals surface area contributed by atoms with Crippen LogP contribution < -0.4 is 5.32 Å². The van der Waals surface area contributed by atoms with Crippen LogP contribution in [0.5, 0.6) is 0 Å². The molecule has 2 aromatic heterocycles. The van der Waals surface area contributed by atoms with Crippen molar-refractivity contribution in [1.29, 1.82) is 0 Å². The van der Waals surface area contributed by atoms with Gasteiger partial charge >= 0.3 is 0 Å². The van der Waals surface area contributed by atoms with Crippen LogP contribution in [0.25, 0.3) is 11.0 Å². The van der Waals surface area contributed by atoms with Gasteiger partial charge in [0.05, 0.1) is 28.5 Å². The van der Waals surface area contributed by atoms with E-state index in [9.17, 15) is 0 Å². The maximum atomic E-state index is 6.27. The number of halogens is 2. The maximum absolute atomic E-state index is 6.27. The van der Waals surface area contributed by atoms with E-state index in [4.69, 9.17) is 11.6 Å². The SMILES string of the molecule is CC(Nc1c(Cl)ccc2nsnc12)c1cc(Br)cs1. The van der Waals surface area contributed by atoms with Gasteiger partial charge in [0.1, 0.15) is 11.0 Å². The third kappa shape index (κ3) is 2.63. The van der Waals surface area contributed by atoms with Crippen LogP contribution in [-0.4, -0.2) is 8.75 Å². The number of aromatic nitrogens is 2. The van der Waals surface area contributed by atoms with Crippen LogP contribution in [0.2, 0.25) is 5.02 Å². The van der Waals surface area contributed by atoms with Crippen molar-refractivity contribution in [1.82, 2.24) is 8.75 Å². The highest BCUT2D eigenvalue weighted by Crippen LogP contribution is 2.34. The number of nitrogens with zero attached hydrogens (tertiary/aromatic N) is 2. The minimum Gasteiger partial charge on any atom is -0.375 e. The average Bonchev–Trinajstić information content (AvgIpc) is 3.01. The van der Waals surface area contributed by atoms with Crippen LogP contribution >= 0.6 is 50.6 Å². The van der Waals surface area contributed by atoms with E-state index in [2.05, 4.69) is 48.4 Å². The molecule has 0 aliphatic carbocycles. The molecule has 1 atom stereocenters.